The molecule has 1 aliphatic carbocycles. The number of rotatable bonds is 6. The maximum atomic E-state index is 4.87. The SMILES string of the molecule is CCNC(=NCC1CC(C)N(Cc2ccccc2)C1)NC1CC=CC1.I. The molecule has 0 bridgehead atoms. The van der Waals surface area contributed by atoms with Crippen LogP contribution in [0.4, 0.5) is 0 Å². The first-order valence-corrected chi connectivity index (χ1v) is 9.72. The van der Waals surface area contributed by atoms with Crippen molar-refractivity contribution in [1.29, 1.82) is 0 Å². The van der Waals surface area contributed by atoms with E-state index in [1.54, 1.807) is 0 Å². The Hall–Kier alpha value is -1.08. The van der Waals surface area contributed by atoms with Crippen LogP contribution in [-0.2, 0) is 6.54 Å². The Morgan fingerprint density at radius 2 is 1.92 bits per heavy atom. The number of hydrogen-bond acceptors (Lipinski definition) is 2. The summed E-state index contributed by atoms with van der Waals surface area (Å²) in [6, 6.07) is 11.9. The molecule has 1 aromatic rings. The molecule has 26 heavy (non-hydrogen) atoms. The van der Waals surface area contributed by atoms with Crippen LogP contribution in [0.3, 0.4) is 0 Å². The molecule has 5 heteroatoms. The Labute approximate surface area is 175 Å². The maximum Gasteiger partial charge on any atom is 0.191 e. The molecule has 0 amide bonds. The van der Waals surface area contributed by atoms with Crippen LogP contribution < -0.4 is 10.6 Å². The van der Waals surface area contributed by atoms with E-state index in [-0.39, 0.29) is 24.0 Å². The van der Waals surface area contributed by atoms with Gasteiger partial charge in [-0.1, -0.05) is 42.5 Å². The number of hydrogen-bond donors (Lipinski definition) is 2. The quantitative estimate of drug-likeness (QED) is 0.289. The number of guanidine groups is 1. The Kier molecular flexibility index (Phi) is 8.91. The molecule has 0 aromatic heterocycles. The molecular weight excluding hydrogens is 435 g/mol. The number of aliphatic imine (C=N–C) groups is 1. The Balaban J connectivity index is 0.00000243. The van der Waals surface area contributed by atoms with Crippen molar-refractivity contribution in [2.75, 3.05) is 19.6 Å². The third kappa shape index (κ3) is 6.27. The zero-order chi connectivity index (χ0) is 17.5. The van der Waals surface area contributed by atoms with Gasteiger partial charge in [-0.2, -0.15) is 0 Å². The number of nitrogens with one attached hydrogen (secondary N) is 2. The molecular formula is C21H33IN4. The monoisotopic (exact) mass is 468 g/mol. The molecule has 1 saturated heterocycles. The van der Waals surface area contributed by atoms with Crippen molar-refractivity contribution in [1.82, 2.24) is 15.5 Å². The summed E-state index contributed by atoms with van der Waals surface area (Å²) in [5, 5.41) is 6.96. The average Bonchev–Trinajstić information content (AvgIpc) is 3.24. The van der Waals surface area contributed by atoms with Crippen LogP contribution >= 0.6 is 24.0 Å². The smallest absolute Gasteiger partial charge is 0.191 e. The van der Waals surface area contributed by atoms with Crippen molar-refractivity contribution in [3.63, 3.8) is 0 Å². The standard InChI is InChI=1S/C21H32N4.HI/c1-3-22-21(24-20-11-7-8-12-20)23-14-19-13-17(2)25(16-19)15-18-9-5-4-6-10-18;/h4-10,17,19-20H,3,11-16H2,1-2H3,(H2,22,23,24);1H. The van der Waals surface area contributed by atoms with Gasteiger partial charge in [0.25, 0.3) is 0 Å². The minimum atomic E-state index is 0. The lowest BCUT2D eigenvalue weighted by Gasteiger charge is -2.21. The van der Waals surface area contributed by atoms with Crippen LogP contribution in [0.2, 0.25) is 0 Å². The summed E-state index contributed by atoms with van der Waals surface area (Å²) >= 11 is 0. The molecule has 2 aliphatic rings. The highest BCUT2D eigenvalue weighted by Crippen LogP contribution is 2.25. The van der Waals surface area contributed by atoms with Crippen molar-refractivity contribution in [2.45, 2.75) is 51.7 Å². The summed E-state index contributed by atoms with van der Waals surface area (Å²) in [6.07, 6.45) is 7.95. The average molecular weight is 468 g/mol. The predicted molar refractivity (Wildman–Crippen MR) is 121 cm³/mol. The summed E-state index contributed by atoms with van der Waals surface area (Å²) in [5.74, 6) is 1.63. The normalized spacial score (nSPS) is 23.8. The highest BCUT2D eigenvalue weighted by molar-refractivity contribution is 14.0. The number of likely N-dealkylation sites (tertiary alicyclic amines) is 1. The van der Waals surface area contributed by atoms with Gasteiger partial charge in [-0.05, 0) is 44.6 Å². The molecule has 1 heterocycles. The van der Waals surface area contributed by atoms with Gasteiger partial charge in [0, 0.05) is 38.3 Å². The van der Waals surface area contributed by atoms with Gasteiger partial charge >= 0.3 is 0 Å². The van der Waals surface area contributed by atoms with Crippen LogP contribution in [0.1, 0.15) is 38.7 Å². The fraction of sp³-hybridized carbons (Fsp3) is 0.571. The molecule has 144 valence electrons. The van der Waals surface area contributed by atoms with E-state index in [2.05, 4.69) is 71.9 Å². The fourth-order valence-corrected chi connectivity index (χ4v) is 3.86. The summed E-state index contributed by atoms with van der Waals surface area (Å²) in [4.78, 5) is 7.47. The van der Waals surface area contributed by atoms with E-state index in [4.69, 9.17) is 4.99 Å². The molecule has 0 saturated carbocycles. The van der Waals surface area contributed by atoms with E-state index in [1.165, 1.54) is 12.0 Å². The molecule has 1 aliphatic heterocycles. The lowest BCUT2D eigenvalue weighted by molar-refractivity contribution is 0.256. The van der Waals surface area contributed by atoms with Gasteiger partial charge in [-0.25, -0.2) is 0 Å². The number of benzene rings is 1. The number of halogens is 1. The third-order valence-electron chi connectivity index (χ3n) is 5.22. The molecule has 4 nitrogen and oxygen atoms in total. The first-order valence-electron chi connectivity index (χ1n) is 9.72. The minimum absolute atomic E-state index is 0. The van der Waals surface area contributed by atoms with E-state index in [0.717, 1.165) is 45.0 Å². The van der Waals surface area contributed by atoms with Crippen LogP contribution in [-0.4, -0.2) is 42.6 Å². The van der Waals surface area contributed by atoms with Gasteiger partial charge in [0.15, 0.2) is 5.96 Å². The molecule has 0 radical (unpaired) electrons. The van der Waals surface area contributed by atoms with E-state index < -0.39 is 0 Å². The van der Waals surface area contributed by atoms with Gasteiger partial charge < -0.3 is 10.6 Å². The largest absolute Gasteiger partial charge is 0.357 e. The Morgan fingerprint density at radius 3 is 2.62 bits per heavy atom. The lowest BCUT2D eigenvalue weighted by Crippen LogP contribution is -2.42. The van der Waals surface area contributed by atoms with E-state index in [1.807, 2.05) is 0 Å². The highest BCUT2D eigenvalue weighted by Gasteiger charge is 2.28. The van der Waals surface area contributed by atoms with Gasteiger partial charge in [0.05, 0.1) is 0 Å². The van der Waals surface area contributed by atoms with Crippen molar-refractivity contribution in [3.8, 4) is 0 Å². The van der Waals surface area contributed by atoms with Crippen molar-refractivity contribution in [3.05, 3.63) is 48.0 Å². The molecule has 2 unspecified atom stereocenters. The molecule has 0 spiro atoms. The molecule has 1 aromatic carbocycles. The highest BCUT2D eigenvalue weighted by atomic mass is 127. The second-order valence-electron chi connectivity index (χ2n) is 7.37. The second kappa shape index (κ2) is 10.9. The van der Waals surface area contributed by atoms with Crippen LogP contribution in [0.25, 0.3) is 0 Å². The topological polar surface area (TPSA) is 39.7 Å². The number of nitrogens with zero attached hydrogens (tertiary/aromatic N) is 2. The zero-order valence-corrected chi connectivity index (χ0v) is 18.4. The predicted octanol–water partition coefficient (Wildman–Crippen LogP) is 3.79. The van der Waals surface area contributed by atoms with Crippen LogP contribution in [0, 0.1) is 5.92 Å². The van der Waals surface area contributed by atoms with E-state index in [0.29, 0.717) is 18.0 Å². The third-order valence-corrected chi connectivity index (χ3v) is 5.22. The second-order valence-corrected chi connectivity index (χ2v) is 7.37. The van der Waals surface area contributed by atoms with Gasteiger partial charge in [0.1, 0.15) is 0 Å². The summed E-state index contributed by atoms with van der Waals surface area (Å²) in [6.45, 7) is 8.49. The first-order chi connectivity index (χ1) is 12.2. The van der Waals surface area contributed by atoms with Gasteiger partial charge in [0.2, 0.25) is 0 Å². The van der Waals surface area contributed by atoms with Crippen molar-refractivity contribution in [2.24, 2.45) is 10.9 Å². The van der Waals surface area contributed by atoms with Gasteiger partial charge in [-0.3, -0.25) is 9.89 Å². The Morgan fingerprint density at radius 1 is 1.19 bits per heavy atom. The zero-order valence-electron chi connectivity index (χ0n) is 16.0. The lowest BCUT2D eigenvalue weighted by atomic mass is 10.1. The maximum absolute atomic E-state index is 4.87. The molecule has 2 atom stereocenters. The summed E-state index contributed by atoms with van der Waals surface area (Å²) < 4.78 is 0. The Bertz CT molecular complexity index is 579. The molecule has 3 rings (SSSR count). The van der Waals surface area contributed by atoms with Crippen LogP contribution in [0.15, 0.2) is 47.5 Å². The molecule has 1 fully saturated rings. The van der Waals surface area contributed by atoms with E-state index in [9.17, 15) is 0 Å². The summed E-state index contributed by atoms with van der Waals surface area (Å²) in [7, 11) is 0. The molecule has 2 N–H and O–H groups in total. The van der Waals surface area contributed by atoms with E-state index >= 15 is 0 Å². The van der Waals surface area contributed by atoms with Crippen LogP contribution in [0.5, 0.6) is 0 Å². The van der Waals surface area contributed by atoms with Crippen molar-refractivity contribution < 1.29 is 0 Å². The first kappa shape index (κ1) is 21.2. The minimum Gasteiger partial charge on any atom is -0.357 e. The fourth-order valence-electron chi connectivity index (χ4n) is 3.86. The van der Waals surface area contributed by atoms with Crippen molar-refractivity contribution >= 4 is 29.9 Å². The summed E-state index contributed by atoms with van der Waals surface area (Å²) in [5.41, 5.74) is 1.40. The van der Waals surface area contributed by atoms with Gasteiger partial charge in [-0.15, -0.1) is 24.0 Å².